The summed E-state index contributed by atoms with van der Waals surface area (Å²) in [5.74, 6) is 1.73. The largest absolute Gasteiger partial charge is 0.497 e. The molecule has 3 aromatic rings. The smallest absolute Gasteiger partial charge is 0.167 e. The van der Waals surface area contributed by atoms with E-state index in [2.05, 4.69) is 21.2 Å². The number of halogens is 2. The van der Waals surface area contributed by atoms with Gasteiger partial charge in [-0.3, -0.25) is 0 Å². The summed E-state index contributed by atoms with van der Waals surface area (Å²) >= 11 is 3.59. The van der Waals surface area contributed by atoms with Crippen LogP contribution in [0, 0.1) is 5.82 Å². The minimum absolute atomic E-state index is 0.116. The number of hydrogen-bond donors (Lipinski definition) is 1. The molecular formula is C23H23BrFNO3. The number of rotatable bonds is 9. The fraction of sp³-hybridized carbons (Fsp3) is 0.217. The van der Waals surface area contributed by atoms with Crippen molar-refractivity contribution in [1.82, 2.24) is 5.32 Å². The van der Waals surface area contributed by atoms with E-state index in [0.29, 0.717) is 30.2 Å². The lowest BCUT2D eigenvalue weighted by Crippen LogP contribution is -2.14. The molecule has 0 saturated heterocycles. The van der Waals surface area contributed by atoms with Crippen LogP contribution in [0.4, 0.5) is 4.39 Å². The average molecular weight is 460 g/mol. The molecule has 3 rings (SSSR count). The first kappa shape index (κ1) is 21.1. The number of methoxy groups -OCH3 is 2. The van der Waals surface area contributed by atoms with Gasteiger partial charge < -0.3 is 19.5 Å². The first-order valence-corrected chi connectivity index (χ1v) is 9.97. The number of hydrogen-bond acceptors (Lipinski definition) is 4. The molecule has 0 aliphatic rings. The Balaban J connectivity index is 1.73. The second-order valence-electron chi connectivity index (χ2n) is 6.39. The minimum atomic E-state index is -0.291. The molecule has 0 amide bonds. The summed E-state index contributed by atoms with van der Waals surface area (Å²) in [7, 11) is 3.24. The third-order valence-electron chi connectivity index (χ3n) is 4.51. The van der Waals surface area contributed by atoms with Gasteiger partial charge in [-0.2, -0.15) is 0 Å². The van der Waals surface area contributed by atoms with Crippen LogP contribution in [-0.2, 0) is 19.7 Å². The Morgan fingerprint density at radius 1 is 0.897 bits per heavy atom. The van der Waals surface area contributed by atoms with Gasteiger partial charge in [0.15, 0.2) is 11.5 Å². The molecule has 0 bridgehead atoms. The van der Waals surface area contributed by atoms with E-state index >= 15 is 0 Å². The van der Waals surface area contributed by atoms with Crippen LogP contribution >= 0.6 is 15.9 Å². The van der Waals surface area contributed by atoms with Crippen LogP contribution in [0.5, 0.6) is 17.2 Å². The Kier molecular flexibility index (Phi) is 7.49. The van der Waals surface area contributed by atoms with Gasteiger partial charge in [-0.05, 0) is 35.9 Å². The highest BCUT2D eigenvalue weighted by Gasteiger charge is 2.15. The zero-order chi connectivity index (χ0) is 20.6. The van der Waals surface area contributed by atoms with E-state index in [1.807, 2.05) is 36.4 Å². The first-order chi connectivity index (χ1) is 14.1. The molecule has 0 heterocycles. The normalized spacial score (nSPS) is 10.6. The van der Waals surface area contributed by atoms with Gasteiger partial charge in [0.25, 0.3) is 0 Å². The van der Waals surface area contributed by atoms with Gasteiger partial charge >= 0.3 is 0 Å². The first-order valence-electron chi connectivity index (χ1n) is 9.17. The van der Waals surface area contributed by atoms with Crippen LogP contribution in [0.2, 0.25) is 0 Å². The lowest BCUT2D eigenvalue weighted by Gasteiger charge is -2.17. The highest BCUT2D eigenvalue weighted by Crippen LogP contribution is 2.37. The van der Waals surface area contributed by atoms with E-state index in [-0.39, 0.29) is 12.4 Å². The van der Waals surface area contributed by atoms with Crippen LogP contribution < -0.4 is 19.5 Å². The quantitative estimate of drug-likeness (QED) is 0.460. The summed E-state index contributed by atoms with van der Waals surface area (Å²) in [6.07, 6.45) is 0. The van der Waals surface area contributed by atoms with Crippen molar-refractivity contribution in [1.29, 1.82) is 0 Å². The fourth-order valence-electron chi connectivity index (χ4n) is 2.91. The predicted octanol–water partition coefficient (Wildman–Crippen LogP) is 5.47. The van der Waals surface area contributed by atoms with Gasteiger partial charge in [-0.15, -0.1) is 0 Å². The number of benzene rings is 3. The second-order valence-corrected chi connectivity index (χ2v) is 7.24. The molecule has 0 spiro atoms. The maximum atomic E-state index is 14.0. The standard InChI is InChI=1S/C23H23BrFNO3/c1-27-18-9-7-16(8-10-18)13-26-14-19-20(24)11-12-22(28-2)23(19)29-15-17-5-3-4-6-21(17)25/h3-12,26H,13-15H2,1-2H3. The molecule has 0 aliphatic carbocycles. The SMILES string of the molecule is COc1ccc(CNCc2c(Br)ccc(OC)c2OCc2ccccc2F)cc1. The average Bonchev–Trinajstić information content (AvgIpc) is 2.75. The summed E-state index contributed by atoms with van der Waals surface area (Å²) in [4.78, 5) is 0. The molecule has 0 fully saturated rings. The van der Waals surface area contributed by atoms with Gasteiger partial charge in [0.05, 0.1) is 14.2 Å². The van der Waals surface area contributed by atoms with Crippen molar-refractivity contribution in [2.45, 2.75) is 19.7 Å². The molecule has 3 aromatic carbocycles. The Hall–Kier alpha value is -2.57. The lowest BCUT2D eigenvalue weighted by atomic mass is 10.1. The molecule has 0 radical (unpaired) electrons. The zero-order valence-corrected chi connectivity index (χ0v) is 18.0. The molecule has 152 valence electrons. The van der Waals surface area contributed by atoms with Crippen molar-refractivity contribution in [2.24, 2.45) is 0 Å². The predicted molar refractivity (Wildman–Crippen MR) is 115 cm³/mol. The van der Waals surface area contributed by atoms with Crippen molar-refractivity contribution < 1.29 is 18.6 Å². The molecule has 0 aliphatic heterocycles. The van der Waals surface area contributed by atoms with E-state index in [1.165, 1.54) is 6.07 Å². The maximum absolute atomic E-state index is 14.0. The van der Waals surface area contributed by atoms with Crippen LogP contribution in [0.25, 0.3) is 0 Å². The molecule has 6 heteroatoms. The Labute approximate surface area is 178 Å². The molecule has 4 nitrogen and oxygen atoms in total. The third kappa shape index (κ3) is 5.49. The highest BCUT2D eigenvalue weighted by molar-refractivity contribution is 9.10. The maximum Gasteiger partial charge on any atom is 0.167 e. The Morgan fingerprint density at radius 2 is 1.66 bits per heavy atom. The van der Waals surface area contributed by atoms with E-state index in [0.717, 1.165) is 21.3 Å². The van der Waals surface area contributed by atoms with Gasteiger partial charge in [-0.25, -0.2) is 4.39 Å². The van der Waals surface area contributed by atoms with E-state index < -0.39 is 0 Å². The van der Waals surface area contributed by atoms with Crippen LogP contribution in [0.1, 0.15) is 16.7 Å². The Bertz CT molecular complexity index is 947. The van der Waals surface area contributed by atoms with Gasteiger partial charge in [0, 0.05) is 28.7 Å². The molecular weight excluding hydrogens is 437 g/mol. The van der Waals surface area contributed by atoms with Gasteiger partial charge in [0.1, 0.15) is 18.2 Å². The summed E-state index contributed by atoms with van der Waals surface area (Å²) in [6.45, 7) is 1.35. The highest BCUT2D eigenvalue weighted by atomic mass is 79.9. The van der Waals surface area contributed by atoms with Crippen molar-refractivity contribution in [3.8, 4) is 17.2 Å². The lowest BCUT2D eigenvalue weighted by molar-refractivity contribution is 0.275. The molecule has 1 N–H and O–H groups in total. The van der Waals surface area contributed by atoms with Gasteiger partial charge in [0.2, 0.25) is 0 Å². The van der Waals surface area contributed by atoms with Crippen molar-refractivity contribution >= 4 is 15.9 Å². The van der Waals surface area contributed by atoms with Crippen molar-refractivity contribution in [2.75, 3.05) is 14.2 Å². The molecule has 0 atom stereocenters. The molecule has 0 unspecified atom stereocenters. The third-order valence-corrected chi connectivity index (χ3v) is 5.25. The topological polar surface area (TPSA) is 39.7 Å². The molecule has 0 saturated carbocycles. The van der Waals surface area contributed by atoms with Crippen LogP contribution in [0.15, 0.2) is 65.1 Å². The monoisotopic (exact) mass is 459 g/mol. The molecule has 0 aromatic heterocycles. The summed E-state index contributed by atoms with van der Waals surface area (Å²) < 4.78 is 31.5. The Morgan fingerprint density at radius 3 is 2.34 bits per heavy atom. The van der Waals surface area contributed by atoms with E-state index in [4.69, 9.17) is 14.2 Å². The van der Waals surface area contributed by atoms with E-state index in [1.54, 1.807) is 32.4 Å². The zero-order valence-electron chi connectivity index (χ0n) is 16.4. The van der Waals surface area contributed by atoms with Crippen molar-refractivity contribution in [3.63, 3.8) is 0 Å². The minimum Gasteiger partial charge on any atom is -0.497 e. The number of ether oxygens (including phenoxy) is 3. The fourth-order valence-corrected chi connectivity index (χ4v) is 3.36. The van der Waals surface area contributed by atoms with Crippen LogP contribution in [-0.4, -0.2) is 14.2 Å². The number of nitrogens with one attached hydrogen (secondary N) is 1. The summed E-state index contributed by atoms with van der Waals surface area (Å²) in [5.41, 5.74) is 2.54. The van der Waals surface area contributed by atoms with Gasteiger partial charge in [-0.1, -0.05) is 46.3 Å². The molecule has 29 heavy (non-hydrogen) atoms. The van der Waals surface area contributed by atoms with Crippen LogP contribution in [0.3, 0.4) is 0 Å². The summed E-state index contributed by atoms with van der Waals surface area (Å²) in [5, 5.41) is 3.42. The second kappa shape index (κ2) is 10.3. The summed E-state index contributed by atoms with van der Waals surface area (Å²) in [6, 6.07) is 18.2. The van der Waals surface area contributed by atoms with E-state index in [9.17, 15) is 4.39 Å². The van der Waals surface area contributed by atoms with Crippen molar-refractivity contribution in [3.05, 3.63) is 87.6 Å².